The molecule has 3 aromatic rings. The van der Waals surface area contributed by atoms with E-state index in [4.69, 9.17) is 5.73 Å². The number of aromatic nitrogens is 3. The number of imidazole rings is 1. The Balaban J connectivity index is 2.21. The molecule has 0 bridgehead atoms. The lowest BCUT2D eigenvalue weighted by Crippen LogP contribution is -2.00. The molecule has 0 aliphatic rings. The molecule has 0 radical (unpaired) electrons. The number of nitrogen functional groups attached to an aromatic ring is 1. The zero-order valence-electron chi connectivity index (χ0n) is 12.0. The van der Waals surface area contributed by atoms with Crippen LogP contribution in [0.3, 0.4) is 0 Å². The van der Waals surface area contributed by atoms with E-state index in [0.29, 0.717) is 17.2 Å². The fraction of sp³-hybridized carbons (Fsp3) is 0.250. The maximum atomic E-state index is 13.4. The maximum Gasteiger partial charge on any atom is 0.160 e. The average molecular weight is 284 g/mol. The molecule has 3 aromatic heterocycles. The second kappa shape index (κ2) is 5.16. The van der Waals surface area contributed by atoms with Gasteiger partial charge in [0.1, 0.15) is 5.82 Å². The minimum absolute atomic E-state index is 0.362. The van der Waals surface area contributed by atoms with Gasteiger partial charge in [-0.15, -0.1) is 0 Å². The van der Waals surface area contributed by atoms with Gasteiger partial charge in [-0.25, -0.2) is 9.37 Å². The topological polar surface area (TPSA) is 56.2 Å². The van der Waals surface area contributed by atoms with Crippen molar-refractivity contribution < 1.29 is 4.39 Å². The number of hydrogen-bond donors (Lipinski definition) is 1. The lowest BCUT2D eigenvalue weighted by atomic mass is 10.1. The molecule has 3 rings (SSSR count). The number of hydrogen-bond acceptors (Lipinski definition) is 3. The van der Waals surface area contributed by atoms with Gasteiger partial charge in [-0.3, -0.25) is 4.98 Å². The first-order valence-electron chi connectivity index (χ1n) is 6.97. The van der Waals surface area contributed by atoms with Crippen LogP contribution in [0.25, 0.3) is 16.8 Å². The first-order valence-corrected chi connectivity index (χ1v) is 6.97. The number of anilines is 1. The fourth-order valence-corrected chi connectivity index (χ4v) is 2.43. The Morgan fingerprint density at radius 2 is 2.05 bits per heavy atom. The van der Waals surface area contributed by atoms with Crippen LogP contribution in [-0.4, -0.2) is 14.4 Å². The van der Waals surface area contributed by atoms with Crippen molar-refractivity contribution in [2.24, 2.45) is 0 Å². The van der Waals surface area contributed by atoms with Crippen LogP contribution in [0, 0.1) is 5.82 Å². The highest BCUT2D eigenvalue weighted by Gasteiger charge is 2.13. The summed E-state index contributed by atoms with van der Waals surface area (Å²) in [6.45, 7) is 4.28. The average Bonchev–Trinajstić information content (AvgIpc) is 2.91. The van der Waals surface area contributed by atoms with Gasteiger partial charge < -0.3 is 10.1 Å². The van der Waals surface area contributed by atoms with Crippen LogP contribution >= 0.6 is 0 Å². The van der Waals surface area contributed by atoms with Crippen molar-refractivity contribution in [3.8, 4) is 11.1 Å². The highest BCUT2D eigenvalue weighted by molar-refractivity contribution is 5.74. The molecule has 0 aromatic carbocycles. The summed E-state index contributed by atoms with van der Waals surface area (Å²) in [6.07, 6.45) is 7.63. The van der Waals surface area contributed by atoms with Crippen LogP contribution in [0.2, 0.25) is 0 Å². The predicted octanol–water partition coefficient (Wildman–Crippen LogP) is 3.63. The van der Waals surface area contributed by atoms with Gasteiger partial charge >= 0.3 is 0 Å². The van der Waals surface area contributed by atoms with E-state index in [1.165, 1.54) is 12.3 Å². The Labute approximate surface area is 122 Å². The van der Waals surface area contributed by atoms with Crippen LogP contribution < -0.4 is 5.73 Å². The lowest BCUT2D eigenvalue weighted by molar-refractivity contribution is 0.622. The second-order valence-electron chi connectivity index (χ2n) is 5.26. The summed E-state index contributed by atoms with van der Waals surface area (Å²) in [6, 6.07) is 3.26. The highest BCUT2D eigenvalue weighted by atomic mass is 19.1. The monoisotopic (exact) mass is 284 g/mol. The van der Waals surface area contributed by atoms with Crippen LogP contribution in [0.15, 0.2) is 36.9 Å². The zero-order valence-corrected chi connectivity index (χ0v) is 12.0. The molecule has 2 N–H and O–H groups in total. The zero-order chi connectivity index (χ0) is 15.0. The largest absolute Gasteiger partial charge is 0.396 e. The van der Waals surface area contributed by atoms with E-state index in [9.17, 15) is 4.39 Å². The lowest BCUT2D eigenvalue weighted by Gasteiger charge is -2.11. The van der Waals surface area contributed by atoms with Crippen LogP contribution in [0.1, 0.15) is 31.9 Å². The Kier molecular flexibility index (Phi) is 3.33. The van der Waals surface area contributed by atoms with E-state index in [1.807, 2.05) is 16.8 Å². The molecule has 5 heteroatoms. The highest BCUT2D eigenvalue weighted by Crippen LogP contribution is 2.28. The van der Waals surface area contributed by atoms with Gasteiger partial charge in [0, 0.05) is 35.4 Å². The molecule has 0 fully saturated rings. The summed E-state index contributed by atoms with van der Waals surface area (Å²) >= 11 is 0. The van der Waals surface area contributed by atoms with Crippen LogP contribution in [-0.2, 0) is 0 Å². The normalized spacial score (nSPS) is 12.7. The molecule has 0 spiro atoms. The fourth-order valence-electron chi connectivity index (χ4n) is 2.43. The number of pyridine rings is 2. The minimum Gasteiger partial charge on any atom is -0.396 e. The molecule has 21 heavy (non-hydrogen) atoms. The molecule has 0 aliphatic carbocycles. The Morgan fingerprint density at radius 3 is 2.76 bits per heavy atom. The standard InChI is InChI=1S/C16H17FN4/c1-3-10(2)15-8-20-16-14(18)5-12(9-21(15)16)11-4-13(17)7-19-6-11/h4-10H,3,18H2,1-2H3. The first-order chi connectivity index (χ1) is 10.1. The van der Waals surface area contributed by atoms with Crippen molar-refractivity contribution in [1.82, 2.24) is 14.4 Å². The smallest absolute Gasteiger partial charge is 0.160 e. The maximum absolute atomic E-state index is 13.4. The van der Waals surface area contributed by atoms with Crippen molar-refractivity contribution in [3.05, 3.63) is 48.4 Å². The van der Waals surface area contributed by atoms with E-state index in [-0.39, 0.29) is 5.82 Å². The molecule has 3 heterocycles. The van der Waals surface area contributed by atoms with Gasteiger partial charge in [-0.1, -0.05) is 13.8 Å². The van der Waals surface area contributed by atoms with Gasteiger partial charge in [0.25, 0.3) is 0 Å². The van der Waals surface area contributed by atoms with Crippen LogP contribution in [0.4, 0.5) is 10.1 Å². The number of nitrogens with two attached hydrogens (primary N) is 1. The molecule has 1 unspecified atom stereocenters. The third-order valence-corrected chi connectivity index (χ3v) is 3.82. The third-order valence-electron chi connectivity index (χ3n) is 3.82. The number of halogens is 1. The van der Waals surface area contributed by atoms with E-state index in [1.54, 1.807) is 12.3 Å². The van der Waals surface area contributed by atoms with Gasteiger partial charge in [0.15, 0.2) is 5.65 Å². The van der Waals surface area contributed by atoms with E-state index >= 15 is 0 Å². The predicted molar refractivity (Wildman–Crippen MR) is 81.5 cm³/mol. The molecule has 1 atom stereocenters. The van der Waals surface area contributed by atoms with Gasteiger partial charge in [0.05, 0.1) is 11.9 Å². The van der Waals surface area contributed by atoms with Gasteiger partial charge in [-0.2, -0.15) is 0 Å². The van der Waals surface area contributed by atoms with E-state index < -0.39 is 0 Å². The summed E-state index contributed by atoms with van der Waals surface area (Å²) in [7, 11) is 0. The first kappa shape index (κ1) is 13.5. The molecule has 0 saturated carbocycles. The molecule has 0 aliphatic heterocycles. The Bertz CT molecular complexity index is 794. The number of nitrogens with zero attached hydrogens (tertiary/aromatic N) is 3. The summed E-state index contributed by atoms with van der Waals surface area (Å²) < 4.78 is 15.3. The molecule has 4 nitrogen and oxygen atoms in total. The second-order valence-corrected chi connectivity index (χ2v) is 5.26. The van der Waals surface area contributed by atoms with Crippen molar-refractivity contribution in [1.29, 1.82) is 0 Å². The van der Waals surface area contributed by atoms with Gasteiger partial charge in [0.2, 0.25) is 0 Å². The minimum atomic E-state index is -0.362. The molecule has 0 amide bonds. The third kappa shape index (κ3) is 2.35. The Hall–Kier alpha value is -2.43. The molecular weight excluding hydrogens is 267 g/mol. The van der Waals surface area contributed by atoms with E-state index in [0.717, 1.165) is 23.3 Å². The van der Waals surface area contributed by atoms with E-state index in [2.05, 4.69) is 23.8 Å². The van der Waals surface area contributed by atoms with Gasteiger partial charge in [-0.05, 0) is 24.5 Å². The van der Waals surface area contributed by atoms with Crippen LogP contribution in [0.5, 0.6) is 0 Å². The molecule has 0 saturated heterocycles. The molecular formula is C16H17FN4. The Morgan fingerprint density at radius 1 is 1.24 bits per heavy atom. The summed E-state index contributed by atoms with van der Waals surface area (Å²) in [5.74, 6) is 0.0132. The molecule has 108 valence electrons. The summed E-state index contributed by atoms with van der Waals surface area (Å²) in [5.41, 5.74) is 10.0. The van der Waals surface area contributed by atoms with Crippen molar-refractivity contribution in [2.75, 3.05) is 5.73 Å². The van der Waals surface area contributed by atoms with Crippen molar-refractivity contribution in [2.45, 2.75) is 26.2 Å². The van der Waals surface area contributed by atoms with Crippen molar-refractivity contribution >= 4 is 11.3 Å². The summed E-state index contributed by atoms with van der Waals surface area (Å²) in [5, 5.41) is 0. The summed E-state index contributed by atoms with van der Waals surface area (Å²) in [4.78, 5) is 8.28. The van der Waals surface area contributed by atoms with Crippen molar-refractivity contribution in [3.63, 3.8) is 0 Å². The SMILES string of the molecule is CCC(C)c1cnc2c(N)cc(-c3cncc(F)c3)cn12. The quantitative estimate of drug-likeness (QED) is 0.799. The number of fused-ring (bicyclic) bond motifs is 1. The number of rotatable bonds is 3.